The number of hydrogen-bond acceptors (Lipinski definition) is 4. The number of nitro groups is 1. The topological polar surface area (TPSA) is 98.3 Å². The van der Waals surface area contributed by atoms with E-state index in [1.165, 1.54) is 18.2 Å². The Morgan fingerprint density at radius 2 is 2.05 bits per heavy atom. The fraction of sp³-hybridized carbons (Fsp3) is 0. The van der Waals surface area contributed by atoms with Crippen LogP contribution < -0.4 is 11.1 Å². The molecule has 0 atom stereocenters. The Labute approximate surface area is 133 Å². The Bertz CT molecular complexity index is 737. The maximum atomic E-state index is 12.1. The van der Waals surface area contributed by atoms with Gasteiger partial charge in [-0.2, -0.15) is 0 Å². The molecule has 3 N–H and O–H groups in total. The number of anilines is 2. The highest BCUT2D eigenvalue weighted by Gasteiger charge is 2.19. The lowest BCUT2D eigenvalue weighted by Gasteiger charge is -2.08. The van der Waals surface area contributed by atoms with E-state index in [0.29, 0.717) is 15.2 Å². The SMILES string of the molecule is Nc1c(C(=O)Nc2ccc(Br)c(Cl)c2)cccc1[N+](=O)[O-]. The number of nitrogens with two attached hydrogens (primary N) is 1. The number of carbonyl (C=O) groups excluding carboxylic acids is 1. The number of carbonyl (C=O) groups is 1. The molecule has 1 amide bonds. The van der Waals surface area contributed by atoms with Crippen molar-refractivity contribution >= 4 is 50.5 Å². The van der Waals surface area contributed by atoms with Gasteiger partial charge in [-0.3, -0.25) is 14.9 Å². The molecule has 0 saturated carbocycles. The monoisotopic (exact) mass is 369 g/mol. The summed E-state index contributed by atoms with van der Waals surface area (Å²) in [6, 6.07) is 8.92. The van der Waals surface area contributed by atoms with Crippen molar-refractivity contribution in [2.45, 2.75) is 0 Å². The molecular formula is C13H9BrClN3O3. The largest absolute Gasteiger partial charge is 0.393 e. The molecule has 0 radical (unpaired) electrons. The van der Waals surface area contributed by atoms with Gasteiger partial charge in [-0.15, -0.1) is 0 Å². The van der Waals surface area contributed by atoms with Crippen molar-refractivity contribution in [2.24, 2.45) is 0 Å². The van der Waals surface area contributed by atoms with Crippen LogP contribution in [0.25, 0.3) is 0 Å². The molecular weight excluding hydrogens is 362 g/mol. The number of rotatable bonds is 3. The lowest BCUT2D eigenvalue weighted by Crippen LogP contribution is -2.14. The van der Waals surface area contributed by atoms with Crippen molar-refractivity contribution in [3.8, 4) is 0 Å². The third-order valence-corrected chi connectivity index (χ3v) is 3.93. The summed E-state index contributed by atoms with van der Waals surface area (Å²) in [7, 11) is 0. The number of para-hydroxylation sites is 1. The van der Waals surface area contributed by atoms with Gasteiger partial charge in [0.1, 0.15) is 5.69 Å². The third-order valence-electron chi connectivity index (χ3n) is 2.70. The number of nitrogens with one attached hydrogen (secondary N) is 1. The van der Waals surface area contributed by atoms with Gasteiger partial charge in [0.15, 0.2) is 0 Å². The van der Waals surface area contributed by atoms with Crippen LogP contribution in [0.5, 0.6) is 0 Å². The molecule has 6 nitrogen and oxygen atoms in total. The van der Waals surface area contributed by atoms with Crippen molar-refractivity contribution in [3.05, 3.63) is 61.6 Å². The summed E-state index contributed by atoms with van der Waals surface area (Å²) in [6.07, 6.45) is 0. The molecule has 0 heterocycles. The molecule has 0 aliphatic carbocycles. The minimum atomic E-state index is -0.636. The molecule has 0 aliphatic heterocycles. The fourth-order valence-electron chi connectivity index (χ4n) is 1.68. The molecule has 2 aromatic rings. The zero-order chi connectivity index (χ0) is 15.6. The third kappa shape index (κ3) is 3.32. The van der Waals surface area contributed by atoms with E-state index in [4.69, 9.17) is 17.3 Å². The van der Waals surface area contributed by atoms with Gasteiger partial charge in [-0.25, -0.2) is 0 Å². The summed E-state index contributed by atoms with van der Waals surface area (Å²) in [5.41, 5.74) is 5.66. The average molecular weight is 371 g/mol. The van der Waals surface area contributed by atoms with Gasteiger partial charge >= 0.3 is 0 Å². The van der Waals surface area contributed by atoms with E-state index in [1.807, 2.05) is 0 Å². The summed E-state index contributed by atoms with van der Waals surface area (Å²) < 4.78 is 0.692. The Kier molecular flexibility index (Phi) is 4.44. The highest BCUT2D eigenvalue weighted by Crippen LogP contribution is 2.28. The van der Waals surface area contributed by atoms with E-state index in [-0.39, 0.29) is 16.9 Å². The smallest absolute Gasteiger partial charge is 0.292 e. The second-order valence-corrected chi connectivity index (χ2v) is 5.34. The minimum Gasteiger partial charge on any atom is -0.393 e. The summed E-state index contributed by atoms with van der Waals surface area (Å²) in [5, 5.41) is 13.8. The first-order chi connectivity index (χ1) is 9.90. The van der Waals surface area contributed by atoms with E-state index in [9.17, 15) is 14.9 Å². The van der Waals surface area contributed by atoms with Gasteiger partial charge in [0, 0.05) is 16.2 Å². The number of nitro benzene ring substituents is 1. The summed E-state index contributed by atoms with van der Waals surface area (Å²) >= 11 is 9.17. The summed E-state index contributed by atoms with van der Waals surface area (Å²) in [4.78, 5) is 22.3. The van der Waals surface area contributed by atoms with Crippen LogP contribution in [0.15, 0.2) is 40.9 Å². The quantitative estimate of drug-likeness (QED) is 0.487. The first-order valence-corrected chi connectivity index (χ1v) is 6.86. The number of nitrogen functional groups attached to an aromatic ring is 1. The maximum Gasteiger partial charge on any atom is 0.292 e. The minimum absolute atomic E-state index is 0.0308. The molecule has 2 rings (SSSR count). The first kappa shape index (κ1) is 15.3. The van der Waals surface area contributed by atoms with E-state index < -0.39 is 10.8 Å². The predicted octanol–water partition coefficient (Wildman–Crippen LogP) is 3.85. The van der Waals surface area contributed by atoms with Crippen molar-refractivity contribution in [2.75, 3.05) is 11.1 Å². The molecule has 21 heavy (non-hydrogen) atoms. The van der Waals surface area contributed by atoms with Gasteiger partial charge in [0.05, 0.1) is 15.5 Å². The van der Waals surface area contributed by atoms with Crippen LogP contribution in [0.1, 0.15) is 10.4 Å². The molecule has 0 bridgehead atoms. The van der Waals surface area contributed by atoms with Crippen LogP contribution in [-0.4, -0.2) is 10.8 Å². The second-order valence-electron chi connectivity index (χ2n) is 4.08. The zero-order valence-corrected chi connectivity index (χ0v) is 12.8. The Balaban J connectivity index is 2.30. The van der Waals surface area contributed by atoms with Gasteiger partial charge in [0.25, 0.3) is 11.6 Å². The van der Waals surface area contributed by atoms with Crippen molar-refractivity contribution in [1.29, 1.82) is 0 Å². The number of halogens is 2. The van der Waals surface area contributed by atoms with Crippen molar-refractivity contribution in [1.82, 2.24) is 0 Å². The molecule has 108 valence electrons. The Morgan fingerprint density at radius 1 is 1.33 bits per heavy atom. The molecule has 0 unspecified atom stereocenters. The Morgan fingerprint density at radius 3 is 2.67 bits per heavy atom. The molecule has 0 saturated heterocycles. The molecule has 0 fully saturated rings. The van der Waals surface area contributed by atoms with Crippen LogP contribution in [0, 0.1) is 10.1 Å². The maximum absolute atomic E-state index is 12.1. The van der Waals surface area contributed by atoms with E-state index in [0.717, 1.165) is 0 Å². The highest BCUT2D eigenvalue weighted by atomic mass is 79.9. The lowest BCUT2D eigenvalue weighted by molar-refractivity contribution is -0.383. The number of hydrogen-bond donors (Lipinski definition) is 2. The standard InChI is InChI=1S/C13H9BrClN3O3/c14-9-5-4-7(6-10(9)15)17-13(19)8-2-1-3-11(12(8)16)18(20)21/h1-6H,16H2,(H,17,19). The van der Waals surface area contributed by atoms with Gasteiger partial charge in [0.2, 0.25) is 0 Å². The normalized spacial score (nSPS) is 10.2. The van der Waals surface area contributed by atoms with Crippen molar-refractivity contribution < 1.29 is 9.72 Å². The van der Waals surface area contributed by atoms with Crippen LogP contribution in [-0.2, 0) is 0 Å². The van der Waals surface area contributed by atoms with E-state index in [2.05, 4.69) is 21.2 Å². The summed E-state index contributed by atoms with van der Waals surface area (Å²) in [6.45, 7) is 0. The highest BCUT2D eigenvalue weighted by molar-refractivity contribution is 9.10. The molecule has 2 aromatic carbocycles. The van der Waals surface area contributed by atoms with Gasteiger partial charge < -0.3 is 11.1 Å². The van der Waals surface area contributed by atoms with E-state index >= 15 is 0 Å². The summed E-state index contributed by atoms with van der Waals surface area (Å²) in [5.74, 6) is -0.547. The molecule has 0 aliphatic rings. The molecule has 0 aromatic heterocycles. The van der Waals surface area contributed by atoms with Crippen LogP contribution in [0.2, 0.25) is 5.02 Å². The first-order valence-electron chi connectivity index (χ1n) is 5.69. The number of benzene rings is 2. The van der Waals surface area contributed by atoms with Gasteiger partial charge in [-0.1, -0.05) is 17.7 Å². The average Bonchev–Trinajstić information content (AvgIpc) is 2.42. The van der Waals surface area contributed by atoms with E-state index in [1.54, 1.807) is 18.2 Å². The Hall–Kier alpha value is -2.12. The second kappa shape index (κ2) is 6.11. The number of amides is 1. The molecule has 0 spiro atoms. The van der Waals surface area contributed by atoms with Gasteiger partial charge in [-0.05, 0) is 40.2 Å². The number of nitrogens with zero attached hydrogens (tertiary/aromatic N) is 1. The van der Waals surface area contributed by atoms with Crippen LogP contribution >= 0.6 is 27.5 Å². The van der Waals surface area contributed by atoms with Crippen molar-refractivity contribution in [3.63, 3.8) is 0 Å². The zero-order valence-electron chi connectivity index (χ0n) is 10.5. The van der Waals surface area contributed by atoms with Crippen LogP contribution in [0.3, 0.4) is 0 Å². The lowest BCUT2D eigenvalue weighted by atomic mass is 10.1. The fourth-order valence-corrected chi connectivity index (χ4v) is 2.11. The molecule has 8 heteroatoms. The predicted molar refractivity (Wildman–Crippen MR) is 84.6 cm³/mol. The van der Waals surface area contributed by atoms with Crippen LogP contribution in [0.4, 0.5) is 17.1 Å².